The molecule has 3 fully saturated rings. The van der Waals surface area contributed by atoms with Crippen LogP contribution < -0.4 is 0 Å². The predicted octanol–water partition coefficient (Wildman–Crippen LogP) is 2.67. The molecule has 2 unspecified atom stereocenters. The van der Waals surface area contributed by atoms with Gasteiger partial charge in [-0.2, -0.15) is 11.8 Å². The minimum Gasteiger partial charge on any atom is -0.390 e. The highest BCUT2D eigenvalue weighted by Crippen LogP contribution is 2.39. The molecule has 0 amide bonds. The molecule has 3 nitrogen and oxygen atoms in total. The zero-order valence-electron chi connectivity index (χ0n) is 12.8. The number of hydrogen-bond acceptors (Lipinski definition) is 4. The van der Waals surface area contributed by atoms with Crippen molar-refractivity contribution in [2.75, 3.05) is 31.2 Å². The lowest BCUT2D eigenvalue weighted by molar-refractivity contribution is -0.110. The highest BCUT2D eigenvalue weighted by Gasteiger charge is 2.41. The van der Waals surface area contributed by atoms with E-state index in [-0.39, 0.29) is 5.60 Å². The second-order valence-corrected chi connectivity index (χ2v) is 8.40. The Labute approximate surface area is 127 Å². The van der Waals surface area contributed by atoms with Crippen LogP contribution in [0.2, 0.25) is 0 Å². The SMILES string of the molecule is CC1(O)CCCN(C2CCOC3(CCSCC3)C2)CC1. The molecule has 3 rings (SSSR count). The molecule has 0 aliphatic carbocycles. The zero-order chi connectivity index (χ0) is 14.1. The maximum absolute atomic E-state index is 10.3. The van der Waals surface area contributed by atoms with Crippen LogP contribution in [-0.4, -0.2) is 58.5 Å². The third-order valence-corrected chi connectivity index (χ3v) is 6.47. The third-order valence-electron chi connectivity index (χ3n) is 5.49. The Morgan fingerprint density at radius 3 is 2.75 bits per heavy atom. The van der Waals surface area contributed by atoms with Gasteiger partial charge in [-0.3, -0.25) is 0 Å². The van der Waals surface area contributed by atoms with Crippen molar-refractivity contribution in [3.05, 3.63) is 0 Å². The second-order valence-electron chi connectivity index (χ2n) is 7.18. The minimum absolute atomic E-state index is 0.184. The van der Waals surface area contributed by atoms with E-state index in [4.69, 9.17) is 4.74 Å². The Bertz CT molecular complexity index is 323. The molecule has 3 heterocycles. The van der Waals surface area contributed by atoms with Gasteiger partial charge < -0.3 is 14.7 Å². The topological polar surface area (TPSA) is 32.7 Å². The Morgan fingerprint density at radius 2 is 1.95 bits per heavy atom. The number of hydrogen-bond donors (Lipinski definition) is 1. The van der Waals surface area contributed by atoms with E-state index in [9.17, 15) is 5.11 Å². The molecule has 0 aromatic heterocycles. The maximum Gasteiger partial charge on any atom is 0.0713 e. The zero-order valence-corrected chi connectivity index (χ0v) is 13.6. The fraction of sp³-hybridized carbons (Fsp3) is 1.00. The summed E-state index contributed by atoms with van der Waals surface area (Å²) in [4.78, 5) is 2.65. The van der Waals surface area contributed by atoms with Crippen molar-refractivity contribution in [3.8, 4) is 0 Å². The lowest BCUT2D eigenvalue weighted by Crippen LogP contribution is -2.50. The number of nitrogens with zero attached hydrogens (tertiary/aromatic N) is 1. The van der Waals surface area contributed by atoms with Crippen molar-refractivity contribution in [3.63, 3.8) is 0 Å². The van der Waals surface area contributed by atoms with E-state index in [0.29, 0.717) is 6.04 Å². The van der Waals surface area contributed by atoms with Crippen LogP contribution in [0.3, 0.4) is 0 Å². The van der Waals surface area contributed by atoms with Crippen LogP contribution in [0.1, 0.15) is 51.9 Å². The summed E-state index contributed by atoms with van der Waals surface area (Å²) in [6.45, 7) is 5.15. The van der Waals surface area contributed by atoms with Gasteiger partial charge in [0.15, 0.2) is 0 Å². The van der Waals surface area contributed by atoms with E-state index in [1.54, 1.807) is 0 Å². The molecule has 3 aliphatic heterocycles. The lowest BCUT2D eigenvalue weighted by Gasteiger charge is -2.46. The van der Waals surface area contributed by atoms with Crippen LogP contribution in [0.4, 0.5) is 0 Å². The van der Waals surface area contributed by atoms with Crippen molar-refractivity contribution in [2.24, 2.45) is 0 Å². The van der Waals surface area contributed by atoms with Crippen molar-refractivity contribution in [1.82, 2.24) is 4.90 Å². The summed E-state index contributed by atoms with van der Waals surface area (Å²) in [6.07, 6.45) is 7.88. The fourth-order valence-corrected chi connectivity index (χ4v) is 5.29. The predicted molar refractivity (Wildman–Crippen MR) is 84.3 cm³/mol. The van der Waals surface area contributed by atoms with Crippen LogP contribution in [-0.2, 0) is 4.74 Å². The summed E-state index contributed by atoms with van der Waals surface area (Å²) in [5.41, 5.74) is -0.262. The van der Waals surface area contributed by atoms with Gasteiger partial charge in [0.2, 0.25) is 0 Å². The highest BCUT2D eigenvalue weighted by atomic mass is 32.2. The number of ether oxygens (including phenoxy) is 1. The Morgan fingerprint density at radius 1 is 1.15 bits per heavy atom. The van der Waals surface area contributed by atoms with Crippen LogP contribution in [0.5, 0.6) is 0 Å². The average Bonchev–Trinajstić information content (AvgIpc) is 2.61. The van der Waals surface area contributed by atoms with Gasteiger partial charge in [0, 0.05) is 19.2 Å². The van der Waals surface area contributed by atoms with Gasteiger partial charge >= 0.3 is 0 Å². The second kappa shape index (κ2) is 6.15. The number of thioether (sulfide) groups is 1. The molecule has 3 saturated heterocycles. The molecule has 1 N–H and O–H groups in total. The molecule has 4 heteroatoms. The van der Waals surface area contributed by atoms with Gasteiger partial charge in [0.25, 0.3) is 0 Å². The van der Waals surface area contributed by atoms with Gasteiger partial charge in [0.1, 0.15) is 0 Å². The molecule has 1 spiro atoms. The molecule has 0 aromatic carbocycles. The van der Waals surface area contributed by atoms with Crippen LogP contribution in [0.25, 0.3) is 0 Å². The normalized spacial score (nSPS) is 39.6. The fourth-order valence-electron chi connectivity index (χ4n) is 4.05. The summed E-state index contributed by atoms with van der Waals surface area (Å²) in [5, 5.41) is 10.3. The molecule has 20 heavy (non-hydrogen) atoms. The Hall–Kier alpha value is 0.230. The quantitative estimate of drug-likeness (QED) is 0.807. The average molecular weight is 299 g/mol. The monoisotopic (exact) mass is 299 g/mol. The van der Waals surface area contributed by atoms with Crippen molar-refractivity contribution >= 4 is 11.8 Å². The Kier molecular flexibility index (Phi) is 4.66. The van der Waals surface area contributed by atoms with E-state index >= 15 is 0 Å². The summed E-state index contributed by atoms with van der Waals surface area (Å²) < 4.78 is 6.21. The molecule has 3 aliphatic rings. The van der Waals surface area contributed by atoms with Gasteiger partial charge in [-0.25, -0.2) is 0 Å². The molecular formula is C16H29NO2S. The van der Waals surface area contributed by atoms with E-state index in [2.05, 4.69) is 16.7 Å². The highest BCUT2D eigenvalue weighted by molar-refractivity contribution is 7.99. The summed E-state index contributed by atoms with van der Waals surface area (Å²) in [5.74, 6) is 2.53. The first-order chi connectivity index (χ1) is 9.59. The Balaban J connectivity index is 1.61. The van der Waals surface area contributed by atoms with E-state index in [0.717, 1.165) is 39.0 Å². The van der Waals surface area contributed by atoms with Crippen molar-refractivity contribution < 1.29 is 9.84 Å². The lowest BCUT2D eigenvalue weighted by atomic mass is 9.84. The van der Waals surface area contributed by atoms with E-state index < -0.39 is 5.60 Å². The first kappa shape index (κ1) is 15.1. The third kappa shape index (κ3) is 3.52. The molecule has 2 atom stereocenters. The van der Waals surface area contributed by atoms with Crippen molar-refractivity contribution in [2.45, 2.75) is 69.1 Å². The van der Waals surface area contributed by atoms with Crippen LogP contribution in [0.15, 0.2) is 0 Å². The van der Waals surface area contributed by atoms with E-state index in [1.165, 1.54) is 37.2 Å². The first-order valence-corrected chi connectivity index (χ1v) is 9.42. The van der Waals surface area contributed by atoms with E-state index in [1.807, 2.05) is 6.92 Å². The summed E-state index contributed by atoms with van der Waals surface area (Å²) in [6, 6.07) is 0.681. The number of likely N-dealkylation sites (tertiary alicyclic amines) is 1. The summed E-state index contributed by atoms with van der Waals surface area (Å²) >= 11 is 2.08. The minimum atomic E-state index is -0.445. The summed E-state index contributed by atoms with van der Waals surface area (Å²) in [7, 11) is 0. The van der Waals surface area contributed by atoms with Crippen LogP contribution in [0, 0.1) is 0 Å². The molecule has 0 saturated carbocycles. The van der Waals surface area contributed by atoms with Crippen molar-refractivity contribution in [1.29, 1.82) is 0 Å². The largest absolute Gasteiger partial charge is 0.390 e. The first-order valence-electron chi connectivity index (χ1n) is 8.27. The van der Waals surface area contributed by atoms with Gasteiger partial charge in [-0.05, 0) is 69.9 Å². The van der Waals surface area contributed by atoms with Gasteiger partial charge in [0.05, 0.1) is 11.2 Å². The smallest absolute Gasteiger partial charge is 0.0713 e. The number of rotatable bonds is 1. The van der Waals surface area contributed by atoms with Gasteiger partial charge in [-0.1, -0.05) is 0 Å². The molecule has 0 radical (unpaired) electrons. The van der Waals surface area contributed by atoms with Gasteiger partial charge in [-0.15, -0.1) is 0 Å². The maximum atomic E-state index is 10.3. The van der Waals surface area contributed by atoms with Crippen LogP contribution >= 0.6 is 11.8 Å². The molecule has 0 aromatic rings. The molecular weight excluding hydrogens is 270 g/mol. The standard InChI is InChI=1S/C16H29NO2S/c1-15(18)4-2-8-17(9-5-15)14-3-10-19-16(13-14)6-11-20-12-7-16/h14,18H,2-13H2,1H3. The molecule has 116 valence electrons. The molecule has 0 bridgehead atoms. The number of aliphatic hydroxyl groups is 1.